The van der Waals surface area contributed by atoms with E-state index in [1.807, 2.05) is 12.1 Å². The van der Waals surface area contributed by atoms with Gasteiger partial charge in [0.25, 0.3) is 5.91 Å². The third kappa shape index (κ3) is 3.89. The number of nitrogens with one attached hydrogen (secondary N) is 1. The summed E-state index contributed by atoms with van der Waals surface area (Å²) >= 11 is 6.08. The number of hydrogen-bond acceptors (Lipinski definition) is 4. The number of anilines is 1. The van der Waals surface area contributed by atoms with Crippen molar-refractivity contribution in [2.45, 2.75) is 6.92 Å². The molecule has 0 saturated heterocycles. The second-order valence-electron chi connectivity index (χ2n) is 5.34. The maximum atomic E-state index is 12.3. The maximum Gasteiger partial charge on any atom is 0.278 e. The number of aromatic nitrogens is 1. The second kappa shape index (κ2) is 7.23. The van der Waals surface area contributed by atoms with Gasteiger partial charge in [-0.2, -0.15) is 0 Å². The van der Waals surface area contributed by atoms with Crippen LogP contribution in [0.3, 0.4) is 0 Å². The Hall–Kier alpha value is -3.05. The first-order valence-electron chi connectivity index (χ1n) is 7.53. The lowest BCUT2D eigenvalue weighted by Crippen LogP contribution is -2.14. The summed E-state index contributed by atoms with van der Waals surface area (Å²) in [6, 6.07) is 15.6. The van der Waals surface area contributed by atoms with Gasteiger partial charge >= 0.3 is 0 Å². The molecule has 25 heavy (non-hydrogen) atoms. The molecular weight excluding hydrogens is 340 g/mol. The molecular formula is C19H15ClN2O3. The summed E-state index contributed by atoms with van der Waals surface area (Å²) in [6.07, 6.45) is 1.47. The standard InChI is InChI=1S/C19H15ClN2O3/c1-12-9-10-21-17(18(12)23)19(24)22-13-5-4-6-14(11-13)25-16-8-3-2-7-15(16)20/h2-11,23H,1H3,(H,22,24). The smallest absolute Gasteiger partial charge is 0.278 e. The number of pyridine rings is 1. The number of carbonyl (C=O) groups is 1. The zero-order chi connectivity index (χ0) is 17.8. The van der Waals surface area contributed by atoms with Crippen molar-refractivity contribution in [2.24, 2.45) is 0 Å². The molecule has 1 amide bonds. The highest BCUT2D eigenvalue weighted by atomic mass is 35.5. The number of aryl methyl sites for hydroxylation is 1. The van der Waals surface area contributed by atoms with Gasteiger partial charge in [0.1, 0.15) is 17.2 Å². The fourth-order valence-corrected chi connectivity index (χ4v) is 2.37. The molecule has 0 bridgehead atoms. The number of aromatic hydroxyl groups is 1. The summed E-state index contributed by atoms with van der Waals surface area (Å²) in [7, 11) is 0. The molecule has 0 saturated carbocycles. The quantitative estimate of drug-likeness (QED) is 0.706. The first kappa shape index (κ1) is 16.8. The van der Waals surface area contributed by atoms with Crippen LogP contribution >= 0.6 is 11.6 Å². The highest BCUT2D eigenvalue weighted by Crippen LogP contribution is 2.30. The molecule has 0 unspecified atom stereocenters. The van der Waals surface area contributed by atoms with Crippen molar-refractivity contribution >= 4 is 23.2 Å². The predicted molar refractivity (Wildman–Crippen MR) is 96.6 cm³/mol. The number of halogens is 1. The third-order valence-electron chi connectivity index (χ3n) is 3.50. The monoisotopic (exact) mass is 354 g/mol. The van der Waals surface area contributed by atoms with Crippen molar-refractivity contribution in [3.8, 4) is 17.2 Å². The first-order chi connectivity index (χ1) is 12.0. The number of para-hydroxylation sites is 1. The minimum absolute atomic E-state index is 0.0302. The van der Waals surface area contributed by atoms with Crippen molar-refractivity contribution < 1.29 is 14.6 Å². The van der Waals surface area contributed by atoms with Gasteiger partial charge in [-0.3, -0.25) is 4.79 Å². The fraction of sp³-hybridized carbons (Fsp3) is 0.0526. The van der Waals surface area contributed by atoms with E-state index in [4.69, 9.17) is 16.3 Å². The zero-order valence-electron chi connectivity index (χ0n) is 13.4. The van der Waals surface area contributed by atoms with E-state index in [1.54, 1.807) is 49.4 Å². The van der Waals surface area contributed by atoms with E-state index >= 15 is 0 Å². The van der Waals surface area contributed by atoms with Crippen LogP contribution in [0.4, 0.5) is 5.69 Å². The van der Waals surface area contributed by atoms with Gasteiger partial charge in [0.05, 0.1) is 5.02 Å². The SMILES string of the molecule is Cc1ccnc(C(=O)Nc2cccc(Oc3ccccc3Cl)c2)c1O. The maximum absolute atomic E-state index is 12.3. The van der Waals surface area contributed by atoms with E-state index in [2.05, 4.69) is 10.3 Å². The normalized spacial score (nSPS) is 10.3. The van der Waals surface area contributed by atoms with Crippen LogP contribution in [-0.2, 0) is 0 Å². The van der Waals surface area contributed by atoms with Crippen LogP contribution in [0.25, 0.3) is 0 Å². The lowest BCUT2D eigenvalue weighted by molar-refractivity contribution is 0.101. The second-order valence-corrected chi connectivity index (χ2v) is 5.75. The van der Waals surface area contributed by atoms with E-state index in [1.165, 1.54) is 6.20 Å². The summed E-state index contributed by atoms with van der Waals surface area (Å²) in [6.45, 7) is 1.70. The van der Waals surface area contributed by atoms with Gasteiger partial charge in [-0.15, -0.1) is 0 Å². The van der Waals surface area contributed by atoms with Gasteiger partial charge < -0.3 is 15.2 Å². The van der Waals surface area contributed by atoms with Crippen LogP contribution in [0, 0.1) is 6.92 Å². The number of rotatable bonds is 4. The summed E-state index contributed by atoms with van der Waals surface area (Å²) in [4.78, 5) is 16.2. The number of benzene rings is 2. The van der Waals surface area contributed by atoms with Gasteiger partial charge in [-0.1, -0.05) is 29.8 Å². The summed E-state index contributed by atoms with van der Waals surface area (Å²) < 4.78 is 5.73. The average Bonchev–Trinajstić information content (AvgIpc) is 2.59. The van der Waals surface area contributed by atoms with Crippen LogP contribution in [0.1, 0.15) is 16.1 Å². The Morgan fingerprint density at radius 2 is 1.96 bits per heavy atom. The van der Waals surface area contributed by atoms with E-state index < -0.39 is 5.91 Å². The minimum Gasteiger partial charge on any atom is -0.505 e. The average molecular weight is 355 g/mol. The van der Waals surface area contributed by atoms with Crippen molar-refractivity contribution in [2.75, 3.05) is 5.32 Å². The first-order valence-corrected chi connectivity index (χ1v) is 7.91. The summed E-state index contributed by atoms with van der Waals surface area (Å²) in [5.41, 5.74) is 1.06. The van der Waals surface area contributed by atoms with Gasteiger partial charge in [0.15, 0.2) is 5.69 Å². The van der Waals surface area contributed by atoms with E-state index in [9.17, 15) is 9.90 Å². The van der Waals surface area contributed by atoms with Crippen LogP contribution in [0.15, 0.2) is 60.8 Å². The number of ether oxygens (including phenoxy) is 1. The predicted octanol–water partition coefficient (Wildman–Crippen LogP) is 4.79. The Morgan fingerprint density at radius 1 is 1.16 bits per heavy atom. The molecule has 5 nitrogen and oxygen atoms in total. The minimum atomic E-state index is -0.504. The molecule has 1 aromatic heterocycles. The number of hydrogen-bond donors (Lipinski definition) is 2. The van der Waals surface area contributed by atoms with Crippen molar-refractivity contribution in [1.82, 2.24) is 4.98 Å². The molecule has 1 heterocycles. The third-order valence-corrected chi connectivity index (χ3v) is 3.81. The number of carbonyl (C=O) groups excluding carboxylic acids is 1. The largest absolute Gasteiger partial charge is 0.505 e. The van der Waals surface area contributed by atoms with Gasteiger partial charge in [0.2, 0.25) is 0 Å². The molecule has 0 aliphatic rings. The molecule has 3 aromatic rings. The van der Waals surface area contributed by atoms with Crippen molar-refractivity contribution in [1.29, 1.82) is 0 Å². The number of nitrogens with zero attached hydrogens (tertiary/aromatic N) is 1. The lowest BCUT2D eigenvalue weighted by atomic mass is 10.2. The molecule has 0 radical (unpaired) electrons. The zero-order valence-corrected chi connectivity index (χ0v) is 14.1. The topological polar surface area (TPSA) is 71.5 Å². The summed E-state index contributed by atoms with van der Waals surface area (Å²) in [5.74, 6) is 0.400. The van der Waals surface area contributed by atoms with E-state index in [-0.39, 0.29) is 11.4 Å². The lowest BCUT2D eigenvalue weighted by Gasteiger charge is -2.10. The van der Waals surface area contributed by atoms with E-state index in [0.29, 0.717) is 27.8 Å². The van der Waals surface area contributed by atoms with Crippen LogP contribution in [-0.4, -0.2) is 16.0 Å². The molecule has 0 aliphatic carbocycles. The highest BCUT2D eigenvalue weighted by molar-refractivity contribution is 6.32. The Morgan fingerprint density at radius 3 is 2.76 bits per heavy atom. The molecule has 2 N–H and O–H groups in total. The molecule has 0 atom stereocenters. The highest BCUT2D eigenvalue weighted by Gasteiger charge is 2.15. The molecule has 3 rings (SSSR count). The molecule has 0 fully saturated rings. The summed E-state index contributed by atoms with van der Waals surface area (Å²) in [5, 5.41) is 13.1. The van der Waals surface area contributed by atoms with Crippen molar-refractivity contribution in [3.63, 3.8) is 0 Å². The van der Waals surface area contributed by atoms with Crippen LogP contribution in [0.5, 0.6) is 17.2 Å². The molecule has 6 heteroatoms. The van der Waals surface area contributed by atoms with Gasteiger partial charge in [-0.05, 0) is 42.8 Å². The Kier molecular flexibility index (Phi) is 4.86. The van der Waals surface area contributed by atoms with Crippen LogP contribution < -0.4 is 10.1 Å². The number of amides is 1. The molecule has 0 spiro atoms. The molecule has 126 valence electrons. The Labute approximate surface area is 149 Å². The van der Waals surface area contributed by atoms with Crippen molar-refractivity contribution in [3.05, 3.63) is 77.1 Å². The van der Waals surface area contributed by atoms with Gasteiger partial charge in [0, 0.05) is 18.0 Å². The fourth-order valence-electron chi connectivity index (χ4n) is 2.20. The molecule has 0 aliphatic heterocycles. The Bertz CT molecular complexity index is 928. The Balaban J connectivity index is 1.79. The van der Waals surface area contributed by atoms with E-state index in [0.717, 1.165) is 0 Å². The van der Waals surface area contributed by atoms with Crippen LogP contribution in [0.2, 0.25) is 5.02 Å². The van der Waals surface area contributed by atoms with Gasteiger partial charge in [-0.25, -0.2) is 4.98 Å². The molecule has 2 aromatic carbocycles.